The van der Waals surface area contributed by atoms with Crippen molar-refractivity contribution in [1.29, 1.82) is 0 Å². The van der Waals surface area contributed by atoms with Crippen molar-refractivity contribution in [3.8, 4) is 0 Å². The number of hydrogen-bond donors (Lipinski definition) is 1. The summed E-state index contributed by atoms with van der Waals surface area (Å²) in [6, 6.07) is -0.509. The molecule has 0 bridgehead atoms. The van der Waals surface area contributed by atoms with Gasteiger partial charge in [-0.25, -0.2) is 0 Å². The Balaban J connectivity index is 2.29. The maximum atomic E-state index is 10.7. The van der Waals surface area contributed by atoms with E-state index in [1.165, 1.54) is 0 Å². The first kappa shape index (κ1) is 10.7. The molecule has 0 aromatic carbocycles. The van der Waals surface area contributed by atoms with Gasteiger partial charge in [-0.15, -0.1) is 10.1 Å². The van der Waals surface area contributed by atoms with Crippen molar-refractivity contribution >= 4 is 5.97 Å². The molecule has 0 amide bonds. The predicted molar refractivity (Wildman–Crippen MR) is 45.2 cm³/mol. The number of rotatable bonds is 5. The van der Waals surface area contributed by atoms with Crippen LogP contribution in [0.4, 0.5) is 0 Å². The summed E-state index contributed by atoms with van der Waals surface area (Å²) in [6.07, 6.45) is 1.42. The lowest BCUT2D eigenvalue weighted by Crippen LogP contribution is -2.38. The van der Waals surface area contributed by atoms with Crippen LogP contribution in [0.25, 0.3) is 0 Å². The van der Waals surface area contributed by atoms with Gasteiger partial charge in [0.05, 0.1) is 0 Å². The maximum absolute atomic E-state index is 10.7. The fraction of sp³-hybridized carbons (Fsp3) is 0.857. The molecule has 1 atom stereocenters. The Hall–Kier alpha value is -1.37. The smallest absolute Gasteiger partial charge is 0.320 e. The zero-order valence-electron chi connectivity index (χ0n) is 7.59. The zero-order valence-corrected chi connectivity index (χ0v) is 7.59. The Morgan fingerprint density at radius 3 is 3.00 bits per heavy atom. The number of hydrogen-bond acceptors (Lipinski definition) is 5. The topological polar surface area (TPSA) is 92.9 Å². The highest BCUT2D eigenvalue weighted by molar-refractivity contribution is 5.73. The average Bonchev–Trinajstić information content (AvgIpc) is 2.51. The quantitative estimate of drug-likeness (QED) is 0.490. The molecule has 0 aromatic heterocycles. The van der Waals surface area contributed by atoms with Crippen molar-refractivity contribution < 1.29 is 19.8 Å². The third-order valence-electron chi connectivity index (χ3n) is 2.22. The summed E-state index contributed by atoms with van der Waals surface area (Å²) in [5.41, 5.74) is 0. The van der Waals surface area contributed by atoms with Crippen LogP contribution in [0.1, 0.15) is 12.8 Å². The third-order valence-corrected chi connectivity index (χ3v) is 2.22. The van der Waals surface area contributed by atoms with Gasteiger partial charge in [0.2, 0.25) is 0 Å². The van der Waals surface area contributed by atoms with E-state index in [0.717, 1.165) is 6.42 Å². The molecule has 0 spiro atoms. The van der Waals surface area contributed by atoms with Crippen LogP contribution in [0, 0.1) is 10.1 Å². The Labute approximate surface area is 80.4 Å². The summed E-state index contributed by atoms with van der Waals surface area (Å²) in [6.45, 7) is 0.882. The van der Waals surface area contributed by atoms with Gasteiger partial charge < -0.3 is 9.94 Å². The Bertz CT molecular complexity index is 232. The molecule has 1 heterocycles. The van der Waals surface area contributed by atoms with Crippen molar-refractivity contribution in [2.75, 3.05) is 19.7 Å². The van der Waals surface area contributed by atoms with Crippen molar-refractivity contribution in [1.82, 2.24) is 4.90 Å². The van der Waals surface area contributed by atoms with Crippen LogP contribution < -0.4 is 0 Å². The third kappa shape index (κ3) is 2.84. The van der Waals surface area contributed by atoms with Crippen molar-refractivity contribution in [3.05, 3.63) is 10.1 Å². The minimum atomic E-state index is -0.872. The Morgan fingerprint density at radius 1 is 1.71 bits per heavy atom. The molecule has 0 unspecified atom stereocenters. The first-order valence-electron chi connectivity index (χ1n) is 4.35. The molecule has 0 saturated carbocycles. The van der Waals surface area contributed by atoms with Gasteiger partial charge in [0.15, 0.2) is 0 Å². The van der Waals surface area contributed by atoms with E-state index in [1.807, 2.05) is 0 Å². The summed E-state index contributed by atoms with van der Waals surface area (Å²) in [5.74, 6) is -0.872. The Morgan fingerprint density at radius 2 is 2.43 bits per heavy atom. The van der Waals surface area contributed by atoms with Gasteiger partial charge in [0, 0.05) is 6.54 Å². The number of carboxylic acids is 1. The molecule has 7 nitrogen and oxygen atoms in total. The van der Waals surface area contributed by atoms with Crippen molar-refractivity contribution in [3.63, 3.8) is 0 Å². The SMILES string of the molecule is O=C(O)[C@@H]1CCCN1CCO[N+](=O)[O-]. The van der Waals surface area contributed by atoms with Crippen LogP contribution in [-0.4, -0.2) is 46.8 Å². The van der Waals surface area contributed by atoms with Crippen molar-refractivity contribution in [2.45, 2.75) is 18.9 Å². The van der Waals surface area contributed by atoms with E-state index in [2.05, 4.69) is 4.84 Å². The molecule has 0 aromatic rings. The molecular weight excluding hydrogens is 192 g/mol. The molecule has 0 radical (unpaired) electrons. The van der Waals surface area contributed by atoms with E-state index in [-0.39, 0.29) is 13.2 Å². The molecule has 1 rings (SSSR count). The van der Waals surface area contributed by atoms with E-state index in [9.17, 15) is 14.9 Å². The molecule has 7 heteroatoms. The summed E-state index contributed by atoms with van der Waals surface area (Å²) in [7, 11) is 0. The highest BCUT2D eigenvalue weighted by atomic mass is 16.9. The predicted octanol–water partition coefficient (Wildman–Crippen LogP) is -0.256. The second-order valence-electron chi connectivity index (χ2n) is 3.09. The standard InChI is InChI=1S/C7H12N2O5/c10-7(11)6-2-1-3-8(6)4-5-14-9(12)13/h6H,1-5H2,(H,10,11)/t6-/m0/s1. The van der Waals surface area contributed by atoms with Gasteiger partial charge >= 0.3 is 5.97 Å². The van der Waals surface area contributed by atoms with E-state index < -0.39 is 17.1 Å². The number of likely N-dealkylation sites (tertiary alicyclic amines) is 1. The molecular formula is C7H12N2O5. The average molecular weight is 204 g/mol. The van der Waals surface area contributed by atoms with Gasteiger partial charge in [-0.05, 0) is 19.4 Å². The number of carbonyl (C=O) groups is 1. The van der Waals surface area contributed by atoms with E-state index in [0.29, 0.717) is 13.0 Å². The number of nitrogens with zero attached hydrogens (tertiary/aromatic N) is 2. The van der Waals surface area contributed by atoms with Crippen LogP contribution in [0.5, 0.6) is 0 Å². The van der Waals surface area contributed by atoms with Crippen LogP contribution in [0.3, 0.4) is 0 Å². The fourth-order valence-corrected chi connectivity index (χ4v) is 1.61. The maximum Gasteiger partial charge on any atom is 0.320 e. The molecule has 1 saturated heterocycles. The van der Waals surface area contributed by atoms with Crippen LogP contribution in [-0.2, 0) is 9.63 Å². The Kier molecular flexibility index (Phi) is 3.63. The minimum absolute atomic E-state index is 0.0726. The first-order valence-corrected chi connectivity index (χ1v) is 4.35. The van der Waals surface area contributed by atoms with Crippen LogP contribution in [0.2, 0.25) is 0 Å². The molecule has 14 heavy (non-hydrogen) atoms. The second-order valence-corrected chi connectivity index (χ2v) is 3.09. The van der Waals surface area contributed by atoms with E-state index in [1.54, 1.807) is 4.90 Å². The highest BCUT2D eigenvalue weighted by Crippen LogP contribution is 2.16. The second kappa shape index (κ2) is 4.75. The molecule has 80 valence electrons. The molecule has 0 aliphatic carbocycles. The van der Waals surface area contributed by atoms with Gasteiger partial charge in [0.25, 0.3) is 5.09 Å². The lowest BCUT2D eigenvalue weighted by Gasteiger charge is -2.19. The van der Waals surface area contributed by atoms with Gasteiger partial charge in [0.1, 0.15) is 12.6 Å². The van der Waals surface area contributed by atoms with Gasteiger partial charge in [-0.2, -0.15) is 0 Å². The monoisotopic (exact) mass is 204 g/mol. The lowest BCUT2D eigenvalue weighted by atomic mass is 10.2. The van der Waals surface area contributed by atoms with E-state index >= 15 is 0 Å². The fourth-order valence-electron chi connectivity index (χ4n) is 1.61. The molecule has 1 aliphatic heterocycles. The first-order chi connectivity index (χ1) is 6.61. The molecule has 1 fully saturated rings. The van der Waals surface area contributed by atoms with Gasteiger partial charge in [-0.1, -0.05) is 0 Å². The van der Waals surface area contributed by atoms with Crippen LogP contribution in [0.15, 0.2) is 0 Å². The zero-order chi connectivity index (χ0) is 10.6. The van der Waals surface area contributed by atoms with Gasteiger partial charge in [-0.3, -0.25) is 9.69 Å². The lowest BCUT2D eigenvalue weighted by molar-refractivity contribution is -0.757. The number of carboxylic acid groups (broad SMARTS) is 1. The minimum Gasteiger partial charge on any atom is -0.480 e. The molecule has 1 aliphatic rings. The molecule has 1 N–H and O–H groups in total. The highest BCUT2D eigenvalue weighted by Gasteiger charge is 2.29. The summed E-state index contributed by atoms with van der Waals surface area (Å²) in [4.78, 5) is 26.3. The van der Waals surface area contributed by atoms with Crippen LogP contribution >= 0.6 is 0 Å². The summed E-state index contributed by atoms with van der Waals surface area (Å²) in [5, 5.41) is 17.7. The van der Waals surface area contributed by atoms with E-state index in [4.69, 9.17) is 5.11 Å². The normalized spacial score (nSPS) is 22.1. The summed E-state index contributed by atoms with van der Waals surface area (Å²) >= 11 is 0. The largest absolute Gasteiger partial charge is 0.480 e. The van der Waals surface area contributed by atoms with Crippen molar-refractivity contribution in [2.24, 2.45) is 0 Å². The summed E-state index contributed by atoms with van der Waals surface area (Å²) < 4.78 is 0. The number of aliphatic carboxylic acids is 1.